The highest BCUT2D eigenvalue weighted by atomic mass is 32.2. The minimum atomic E-state index is -3.54. The van der Waals surface area contributed by atoms with Crippen LogP contribution in [-0.2, 0) is 10.0 Å². The van der Waals surface area contributed by atoms with Gasteiger partial charge in [-0.1, -0.05) is 0 Å². The molecule has 3 heterocycles. The van der Waals surface area contributed by atoms with Crippen LogP contribution in [0.25, 0.3) is 0 Å². The number of nitrogens with zero attached hydrogens (tertiary/aromatic N) is 2. The highest BCUT2D eigenvalue weighted by molar-refractivity contribution is 7.89. The molecule has 0 amide bonds. The number of pyridine rings is 1. The van der Waals surface area contributed by atoms with Gasteiger partial charge in [-0.15, -0.1) is 0 Å². The Bertz CT molecular complexity index is 919. The molecule has 0 N–H and O–H groups in total. The lowest BCUT2D eigenvalue weighted by Gasteiger charge is -2.37. The minimum absolute atomic E-state index is 0.0164. The van der Waals surface area contributed by atoms with Crippen molar-refractivity contribution >= 4 is 10.0 Å². The smallest absolute Gasteiger partial charge is 0.243 e. The van der Waals surface area contributed by atoms with Crippen LogP contribution in [0.4, 0.5) is 0 Å². The lowest BCUT2D eigenvalue weighted by atomic mass is 10.0. The average molecular weight is 403 g/mol. The van der Waals surface area contributed by atoms with Crippen LogP contribution in [0, 0.1) is 6.92 Å². The molecule has 2 fully saturated rings. The van der Waals surface area contributed by atoms with Crippen molar-refractivity contribution in [2.24, 2.45) is 0 Å². The van der Waals surface area contributed by atoms with Gasteiger partial charge in [-0.25, -0.2) is 8.42 Å². The molecule has 150 valence electrons. The van der Waals surface area contributed by atoms with Gasteiger partial charge in [0.2, 0.25) is 10.0 Å². The number of rotatable bonds is 6. The van der Waals surface area contributed by atoms with Crippen molar-refractivity contribution in [1.29, 1.82) is 0 Å². The van der Waals surface area contributed by atoms with Crippen LogP contribution in [0.3, 0.4) is 0 Å². The monoisotopic (exact) mass is 402 g/mol. The maximum absolute atomic E-state index is 13.4. The molecule has 6 nitrogen and oxygen atoms in total. The second kappa shape index (κ2) is 7.72. The van der Waals surface area contributed by atoms with E-state index >= 15 is 0 Å². The Morgan fingerprint density at radius 1 is 1.18 bits per heavy atom. The SMILES string of the molecule is CCOc1ccc(S(=O)(=O)N2C3CCC2CC(Oc2cccnc2)C3)cc1C. The number of aryl methyl sites for hydroxylation is 1. The van der Waals surface area contributed by atoms with E-state index in [9.17, 15) is 8.42 Å². The van der Waals surface area contributed by atoms with Crippen LogP contribution in [0.2, 0.25) is 0 Å². The molecule has 0 radical (unpaired) electrons. The number of sulfonamides is 1. The van der Waals surface area contributed by atoms with Gasteiger partial charge < -0.3 is 9.47 Å². The van der Waals surface area contributed by atoms with E-state index in [2.05, 4.69) is 4.98 Å². The molecule has 0 aliphatic carbocycles. The van der Waals surface area contributed by atoms with Gasteiger partial charge in [0.1, 0.15) is 17.6 Å². The summed E-state index contributed by atoms with van der Waals surface area (Å²) in [6, 6.07) is 8.84. The highest BCUT2D eigenvalue weighted by Crippen LogP contribution is 2.41. The van der Waals surface area contributed by atoms with Gasteiger partial charge in [0, 0.05) is 31.1 Å². The maximum Gasteiger partial charge on any atom is 0.243 e. The first kappa shape index (κ1) is 19.2. The van der Waals surface area contributed by atoms with Gasteiger partial charge in [0.15, 0.2) is 0 Å². The summed E-state index contributed by atoms with van der Waals surface area (Å²) in [7, 11) is -3.54. The van der Waals surface area contributed by atoms with Crippen LogP contribution in [0.15, 0.2) is 47.6 Å². The van der Waals surface area contributed by atoms with Crippen LogP contribution >= 0.6 is 0 Å². The van der Waals surface area contributed by atoms with E-state index in [-0.39, 0.29) is 18.2 Å². The lowest BCUT2D eigenvalue weighted by Crippen LogP contribution is -2.49. The molecule has 0 spiro atoms. The zero-order valence-electron chi connectivity index (χ0n) is 16.2. The second-order valence-electron chi connectivity index (χ2n) is 7.48. The fourth-order valence-corrected chi connectivity index (χ4v) is 6.38. The standard InChI is InChI=1S/C21H26N2O4S/c1-3-26-21-9-8-20(11-15(21)2)28(24,25)23-16-6-7-17(23)13-19(12-16)27-18-5-4-10-22-14-18/h4-5,8-11,14,16-17,19H,3,6-7,12-13H2,1-2H3. The predicted octanol–water partition coefficient (Wildman–Crippen LogP) is 3.55. The topological polar surface area (TPSA) is 68.7 Å². The minimum Gasteiger partial charge on any atom is -0.494 e. The zero-order valence-corrected chi connectivity index (χ0v) is 17.1. The van der Waals surface area contributed by atoms with Gasteiger partial charge in [0.05, 0.1) is 17.7 Å². The Morgan fingerprint density at radius 3 is 2.54 bits per heavy atom. The molecular weight excluding hydrogens is 376 g/mol. The summed E-state index contributed by atoms with van der Waals surface area (Å²) < 4.78 is 40.1. The molecule has 0 saturated carbocycles. The Labute approximate surface area is 166 Å². The third-order valence-electron chi connectivity index (χ3n) is 5.58. The van der Waals surface area contributed by atoms with Crippen LogP contribution in [0.1, 0.15) is 38.2 Å². The van der Waals surface area contributed by atoms with Gasteiger partial charge >= 0.3 is 0 Å². The summed E-state index contributed by atoms with van der Waals surface area (Å²) in [6.07, 6.45) is 6.62. The van der Waals surface area contributed by atoms with Crippen molar-refractivity contribution in [2.75, 3.05) is 6.61 Å². The van der Waals surface area contributed by atoms with E-state index in [4.69, 9.17) is 9.47 Å². The van der Waals surface area contributed by atoms with E-state index in [0.717, 1.165) is 29.9 Å². The van der Waals surface area contributed by atoms with Crippen molar-refractivity contribution in [3.8, 4) is 11.5 Å². The van der Waals surface area contributed by atoms with Gasteiger partial charge in [0.25, 0.3) is 0 Å². The maximum atomic E-state index is 13.4. The van der Waals surface area contributed by atoms with Crippen LogP contribution in [0.5, 0.6) is 11.5 Å². The first-order valence-electron chi connectivity index (χ1n) is 9.82. The number of ether oxygens (including phenoxy) is 2. The fourth-order valence-electron chi connectivity index (χ4n) is 4.40. The predicted molar refractivity (Wildman–Crippen MR) is 106 cm³/mol. The van der Waals surface area contributed by atoms with Crippen molar-refractivity contribution < 1.29 is 17.9 Å². The quantitative estimate of drug-likeness (QED) is 0.739. The Kier molecular flexibility index (Phi) is 5.29. The average Bonchev–Trinajstić information content (AvgIpc) is 2.96. The van der Waals surface area contributed by atoms with Crippen molar-refractivity contribution in [3.05, 3.63) is 48.3 Å². The van der Waals surface area contributed by atoms with E-state index in [1.54, 1.807) is 34.9 Å². The number of hydrogen-bond donors (Lipinski definition) is 0. The zero-order chi connectivity index (χ0) is 19.7. The molecule has 1 aromatic carbocycles. The third kappa shape index (κ3) is 3.61. The number of piperidine rings is 1. The first-order chi connectivity index (χ1) is 13.5. The van der Waals surface area contributed by atoms with E-state index < -0.39 is 10.0 Å². The van der Waals surface area contributed by atoms with Crippen LogP contribution < -0.4 is 9.47 Å². The molecule has 4 rings (SSSR count). The van der Waals surface area contributed by atoms with Gasteiger partial charge in [-0.3, -0.25) is 4.98 Å². The molecule has 2 aliphatic rings. The second-order valence-corrected chi connectivity index (χ2v) is 9.32. The number of fused-ring (bicyclic) bond motifs is 2. The normalized spacial score (nSPS) is 24.9. The summed E-state index contributed by atoms with van der Waals surface area (Å²) in [5.74, 6) is 1.47. The Balaban J connectivity index is 1.53. The molecule has 1 aromatic heterocycles. The summed E-state index contributed by atoms with van der Waals surface area (Å²) in [5, 5.41) is 0. The van der Waals surface area contributed by atoms with Gasteiger partial charge in [-0.2, -0.15) is 4.31 Å². The molecule has 2 aliphatic heterocycles. The summed E-state index contributed by atoms with van der Waals surface area (Å²) >= 11 is 0. The highest BCUT2D eigenvalue weighted by Gasteiger charge is 2.48. The van der Waals surface area contributed by atoms with Crippen molar-refractivity contribution in [3.63, 3.8) is 0 Å². The third-order valence-corrected chi connectivity index (χ3v) is 7.58. The molecular formula is C21H26N2O4S. The molecule has 28 heavy (non-hydrogen) atoms. The largest absolute Gasteiger partial charge is 0.494 e. The summed E-state index contributed by atoms with van der Waals surface area (Å²) in [5.41, 5.74) is 0.838. The fraction of sp³-hybridized carbons (Fsp3) is 0.476. The molecule has 2 unspecified atom stereocenters. The number of benzene rings is 1. The number of aromatic nitrogens is 1. The van der Waals surface area contributed by atoms with E-state index in [1.165, 1.54) is 0 Å². The van der Waals surface area contributed by atoms with E-state index in [1.807, 2.05) is 26.0 Å². The van der Waals surface area contributed by atoms with Gasteiger partial charge in [-0.05, 0) is 62.6 Å². The molecule has 2 aromatic rings. The van der Waals surface area contributed by atoms with Crippen molar-refractivity contribution in [2.45, 2.75) is 62.6 Å². The van der Waals surface area contributed by atoms with Crippen LogP contribution in [-0.4, -0.2) is 42.5 Å². The molecule has 2 saturated heterocycles. The lowest BCUT2D eigenvalue weighted by molar-refractivity contribution is 0.0953. The molecule has 2 bridgehead atoms. The van der Waals surface area contributed by atoms with Crippen molar-refractivity contribution in [1.82, 2.24) is 9.29 Å². The Hall–Kier alpha value is -2.12. The number of hydrogen-bond acceptors (Lipinski definition) is 5. The van der Waals surface area contributed by atoms with E-state index in [0.29, 0.717) is 24.3 Å². The molecule has 7 heteroatoms. The first-order valence-corrected chi connectivity index (χ1v) is 11.3. The Morgan fingerprint density at radius 2 is 1.93 bits per heavy atom. The summed E-state index contributed by atoms with van der Waals surface area (Å²) in [6.45, 7) is 4.35. The summed E-state index contributed by atoms with van der Waals surface area (Å²) in [4.78, 5) is 4.43. The molecule has 2 atom stereocenters.